The third-order valence-corrected chi connectivity index (χ3v) is 5.40. The molecule has 0 saturated heterocycles. The molecule has 1 heterocycles. The topological polar surface area (TPSA) is 121 Å². The Balaban J connectivity index is 1.76. The fraction of sp³-hybridized carbons (Fsp3) is 0.400. The average Bonchev–Trinajstić information content (AvgIpc) is 3.35. The molecule has 11 heteroatoms. The number of benzene rings is 2. The number of rotatable bonds is 12. The van der Waals surface area contributed by atoms with Gasteiger partial charge in [-0.3, -0.25) is 9.59 Å². The van der Waals surface area contributed by atoms with Gasteiger partial charge in [0.25, 0.3) is 5.91 Å². The fourth-order valence-corrected chi connectivity index (χ4v) is 3.39. The van der Waals surface area contributed by atoms with Crippen LogP contribution in [-0.4, -0.2) is 66.4 Å². The van der Waals surface area contributed by atoms with Crippen molar-refractivity contribution in [3.63, 3.8) is 0 Å². The SMILES string of the molecule is COc1ccc(N(CC(=O)NCCC(C)C)C(=O)Cn2nnc(-c3ccc(OC)c(OC)c3)n2)cc1. The van der Waals surface area contributed by atoms with Crippen LogP contribution in [0.1, 0.15) is 20.3 Å². The summed E-state index contributed by atoms with van der Waals surface area (Å²) in [7, 11) is 4.65. The van der Waals surface area contributed by atoms with Gasteiger partial charge in [0, 0.05) is 17.8 Å². The van der Waals surface area contributed by atoms with E-state index in [0.717, 1.165) is 6.42 Å². The Morgan fingerprint density at radius 1 is 1.00 bits per heavy atom. The van der Waals surface area contributed by atoms with E-state index >= 15 is 0 Å². The van der Waals surface area contributed by atoms with E-state index in [-0.39, 0.29) is 24.9 Å². The largest absolute Gasteiger partial charge is 0.497 e. The van der Waals surface area contributed by atoms with Crippen LogP contribution in [-0.2, 0) is 16.1 Å². The van der Waals surface area contributed by atoms with Gasteiger partial charge in [0.15, 0.2) is 11.5 Å². The number of carbonyl (C=O) groups excluding carboxylic acids is 2. The molecule has 0 aliphatic carbocycles. The van der Waals surface area contributed by atoms with Crippen molar-refractivity contribution in [2.24, 2.45) is 5.92 Å². The van der Waals surface area contributed by atoms with Gasteiger partial charge in [-0.1, -0.05) is 13.8 Å². The number of anilines is 1. The molecule has 0 spiro atoms. The average molecular weight is 497 g/mol. The molecule has 3 rings (SSSR count). The molecule has 0 fully saturated rings. The lowest BCUT2D eigenvalue weighted by Gasteiger charge is -2.22. The van der Waals surface area contributed by atoms with Gasteiger partial charge in [0.2, 0.25) is 11.7 Å². The van der Waals surface area contributed by atoms with Crippen LogP contribution in [0.4, 0.5) is 5.69 Å². The lowest BCUT2D eigenvalue weighted by Crippen LogP contribution is -2.43. The van der Waals surface area contributed by atoms with Crippen molar-refractivity contribution in [2.75, 3.05) is 39.3 Å². The first-order valence-corrected chi connectivity index (χ1v) is 11.6. The number of amides is 2. The first-order chi connectivity index (χ1) is 17.3. The van der Waals surface area contributed by atoms with E-state index in [4.69, 9.17) is 14.2 Å². The number of carbonyl (C=O) groups is 2. The minimum Gasteiger partial charge on any atom is -0.497 e. The number of ether oxygens (including phenoxy) is 3. The van der Waals surface area contributed by atoms with Gasteiger partial charge in [-0.05, 0) is 60.0 Å². The third-order valence-electron chi connectivity index (χ3n) is 5.40. The van der Waals surface area contributed by atoms with E-state index in [0.29, 0.717) is 46.8 Å². The number of methoxy groups -OCH3 is 3. The summed E-state index contributed by atoms with van der Waals surface area (Å²) in [4.78, 5) is 28.4. The highest BCUT2D eigenvalue weighted by Crippen LogP contribution is 2.30. The van der Waals surface area contributed by atoms with E-state index in [1.807, 2.05) is 0 Å². The van der Waals surface area contributed by atoms with Crippen LogP contribution in [0.2, 0.25) is 0 Å². The molecule has 1 aromatic heterocycles. The zero-order valence-corrected chi connectivity index (χ0v) is 21.2. The Morgan fingerprint density at radius 2 is 1.72 bits per heavy atom. The van der Waals surface area contributed by atoms with Gasteiger partial charge in [-0.2, -0.15) is 4.80 Å². The first kappa shape index (κ1) is 26.5. The number of hydrogen-bond acceptors (Lipinski definition) is 8. The molecule has 3 aromatic rings. The fourth-order valence-electron chi connectivity index (χ4n) is 3.39. The number of tetrazole rings is 1. The van der Waals surface area contributed by atoms with Gasteiger partial charge in [-0.25, -0.2) is 0 Å². The molecule has 0 saturated carbocycles. The lowest BCUT2D eigenvalue weighted by molar-refractivity contribution is -0.124. The summed E-state index contributed by atoms with van der Waals surface area (Å²) in [6.07, 6.45) is 0.851. The molecular weight excluding hydrogens is 464 g/mol. The number of hydrogen-bond donors (Lipinski definition) is 1. The molecule has 192 valence electrons. The van der Waals surface area contributed by atoms with Gasteiger partial charge < -0.3 is 24.4 Å². The predicted molar refractivity (Wildman–Crippen MR) is 134 cm³/mol. The van der Waals surface area contributed by atoms with Gasteiger partial charge in [0.1, 0.15) is 18.8 Å². The molecule has 0 radical (unpaired) electrons. The molecule has 0 atom stereocenters. The Kier molecular flexibility index (Phi) is 9.20. The van der Waals surface area contributed by atoms with E-state index in [9.17, 15) is 9.59 Å². The summed E-state index contributed by atoms with van der Waals surface area (Å²) in [5, 5.41) is 15.3. The summed E-state index contributed by atoms with van der Waals surface area (Å²) in [6.45, 7) is 4.37. The van der Waals surface area contributed by atoms with Crippen molar-refractivity contribution in [3.05, 3.63) is 42.5 Å². The Labute approximate surface area is 210 Å². The zero-order chi connectivity index (χ0) is 26.1. The quantitative estimate of drug-likeness (QED) is 0.406. The summed E-state index contributed by atoms with van der Waals surface area (Å²) >= 11 is 0. The second kappa shape index (κ2) is 12.5. The van der Waals surface area contributed by atoms with Gasteiger partial charge >= 0.3 is 0 Å². The summed E-state index contributed by atoms with van der Waals surface area (Å²) in [6, 6.07) is 12.2. The molecule has 11 nitrogen and oxygen atoms in total. The number of nitrogens with one attached hydrogen (secondary N) is 1. The van der Waals surface area contributed by atoms with Crippen molar-refractivity contribution in [2.45, 2.75) is 26.8 Å². The summed E-state index contributed by atoms with van der Waals surface area (Å²) < 4.78 is 15.8. The van der Waals surface area contributed by atoms with Crippen molar-refractivity contribution in [3.8, 4) is 28.6 Å². The van der Waals surface area contributed by atoms with Crippen LogP contribution in [0.5, 0.6) is 17.2 Å². The first-order valence-electron chi connectivity index (χ1n) is 11.6. The standard InChI is InChI=1S/C25H32N6O5/c1-17(2)12-13-26-23(32)15-30(19-7-9-20(34-3)10-8-19)24(33)16-31-28-25(27-29-31)18-6-11-21(35-4)22(14-18)36-5/h6-11,14,17H,12-13,15-16H2,1-5H3,(H,26,32). The van der Waals surface area contributed by atoms with Crippen molar-refractivity contribution < 1.29 is 23.8 Å². The summed E-state index contributed by atoms with van der Waals surface area (Å²) in [5.41, 5.74) is 1.21. The van der Waals surface area contributed by atoms with E-state index in [1.54, 1.807) is 56.7 Å². The van der Waals surface area contributed by atoms with Crippen LogP contribution in [0.15, 0.2) is 42.5 Å². The molecule has 1 N–H and O–H groups in total. The van der Waals surface area contributed by atoms with E-state index < -0.39 is 0 Å². The second-order valence-electron chi connectivity index (χ2n) is 8.42. The molecule has 0 aliphatic rings. The Morgan fingerprint density at radius 3 is 2.36 bits per heavy atom. The maximum absolute atomic E-state index is 13.3. The molecule has 0 unspecified atom stereocenters. The van der Waals surface area contributed by atoms with E-state index in [1.165, 1.54) is 16.8 Å². The van der Waals surface area contributed by atoms with Crippen LogP contribution >= 0.6 is 0 Å². The summed E-state index contributed by atoms with van der Waals surface area (Å²) in [5.74, 6) is 1.91. The number of aromatic nitrogens is 4. The van der Waals surface area contributed by atoms with Crippen molar-refractivity contribution in [1.82, 2.24) is 25.5 Å². The molecule has 36 heavy (non-hydrogen) atoms. The molecular formula is C25H32N6O5. The maximum atomic E-state index is 13.3. The van der Waals surface area contributed by atoms with E-state index in [2.05, 4.69) is 34.6 Å². The molecule has 2 aromatic carbocycles. The van der Waals surface area contributed by atoms with Crippen molar-refractivity contribution >= 4 is 17.5 Å². The van der Waals surface area contributed by atoms with Crippen LogP contribution in [0, 0.1) is 5.92 Å². The van der Waals surface area contributed by atoms with Crippen LogP contribution in [0.3, 0.4) is 0 Å². The van der Waals surface area contributed by atoms with Gasteiger partial charge in [0.05, 0.1) is 21.3 Å². The van der Waals surface area contributed by atoms with Crippen molar-refractivity contribution in [1.29, 1.82) is 0 Å². The minimum atomic E-state index is -0.365. The lowest BCUT2D eigenvalue weighted by atomic mass is 10.1. The maximum Gasteiger partial charge on any atom is 0.251 e. The second-order valence-corrected chi connectivity index (χ2v) is 8.42. The highest BCUT2D eigenvalue weighted by molar-refractivity contribution is 5.98. The monoisotopic (exact) mass is 496 g/mol. The van der Waals surface area contributed by atoms with Gasteiger partial charge in [-0.15, -0.1) is 10.2 Å². The third kappa shape index (κ3) is 6.94. The highest BCUT2D eigenvalue weighted by atomic mass is 16.5. The zero-order valence-electron chi connectivity index (χ0n) is 21.2. The molecule has 0 bridgehead atoms. The highest BCUT2D eigenvalue weighted by Gasteiger charge is 2.21. The molecule has 0 aliphatic heterocycles. The Bertz CT molecular complexity index is 1160. The Hall–Kier alpha value is -4.15. The predicted octanol–water partition coefficient (Wildman–Crippen LogP) is 2.56. The molecule has 2 amide bonds. The smallest absolute Gasteiger partial charge is 0.251 e. The normalized spacial score (nSPS) is 10.7. The van der Waals surface area contributed by atoms with Crippen LogP contribution in [0.25, 0.3) is 11.4 Å². The van der Waals surface area contributed by atoms with Crippen LogP contribution < -0.4 is 24.4 Å². The number of nitrogens with zero attached hydrogens (tertiary/aromatic N) is 5. The minimum absolute atomic E-state index is 0.138.